The first kappa shape index (κ1) is 15.1. The Bertz CT molecular complexity index is 543. The first-order valence-corrected chi connectivity index (χ1v) is 7.76. The number of carbonyl (C=O) groups is 1. The minimum absolute atomic E-state index is 0.0718. The second-order valence-corrected chi connectivity index (χ2v) is 6.55. The summed E-state index contributed by atoms with van der Waals surface area (Å²) in [6.07, 6.45) is 0. The number of nitrogens with one attached hydrogen (secondary N) is 2. The van der Waals surface area contributed by atoms with E-state index in [0.717, 1.165) is 10.0 Å². The fourth-order valence-corrected chi connectivity index (χ4v) is 2.34. The van der Waals surface area contributed by atoms with E-state index in [2.05, 4.69) is 26.0 Å². The van der Waals surface area contributed by atoms with Crippen molar-refractivity contribution in [3.8, 4) is 0 Å². The van der Waals surface area contributed by atoms with Gasteiger partial charge in [0.1, 0.15) is 0 Å². The molecule has 0 unspecified atom stereocenters. The van der Waals surface area contributed by atoms with Gasteiger partial charge in [-0.05, 0) is 41.5 Å². The van der Waals surface area contributed by atoms with Gasteiger partial charge in [0.2, 0.25) is 10.0 Å². The molecule has 0 aromatic heterocycles. The fraction of sp³-hybridized carbons (Fsp3) is 0.364. The van der Waals surface area contributed by atoms with Crippen molar-refractivity contribution >= 4 is 31.9 Å². The van der Waals surface area contributed by atoms with Crippen LogP contribution in [0.15, 0.2) is 22.7 Å². The highest BCUT2D eigenvalue weighted by Gasteiger charge is 2.12. The molecule has 0 aliphatic rings. The van der Waals surface area contributed by atoms with Crippen LogP contribution in [0.5, 0.6) is 0 Å². The van der Waals surface area contributed by atoms with Gasteiger partial charge in [0.15, 0.2) is 0 Å². The summed E-state index contributed by atoms with van der Waals surface area (Å²) in [5.41, 5.74) is 1.45. The van der Waals surface area contributed by atoms with Crippen LogP contribution in [-0.4, -0.2) is 33.7 Å². The number of hydrogen-bond acceptors (Lipinski definition) is 3. The molecule has 100 valence electrons. The smallest absolute Gasteiger partial charge is 0.252 e. The topological polar surface area (TPSA) is 75.3 Å². The van der Waals surface area contributed by atoms with Crippen molar-refractivity contribution in [1.82, 2.24) is 10.0 Å². The molecule has 1 amide bonds. The minimum atomic E-state index is -3.29. The first-order chi connectivity index (χ1) is 8.37. The van der Waals surface area contributed by atoms with Crippen LogP contribution in [0.25, 0.3) is 0 Å². The summed E-state index contributed by atoms with van der Waals surface area (Å²) < 4.78 is 25.2. The molecule has 18 heavy (non-hydrogen) atoms. The van der Waals surface area contributed by atoms with Gasteiger partial charge in [-0.1, -0.05) is 12.1 Å². The van der Waals surface area contributed by atoms with E-state index in [1.165, 1.54) is 7.05 Å². The number of benzene rings is 1. The molecule has 7 heteroatoms. The SMILES string of the molecule is CNS(=O)(=O)CCNC(=O)c1cccc(C)c1Br. The third-order valence-corrected chi connectivity index (χ3v) is 4.82. The fourth-order valence-electron chi connectivity index (χ4n) is 1.32. The van der Waals surface area contributed by atoms with Crippen LogP contribution in [0, 0.1) is 6.92 Å². The summed E-state index contributed by atoms with van der Waals surface area (Å²) in [7, 11) is -1.95. The lowest BCUT2D eigenvalue weighted by molar-refractivity contribution is 0.0955. The lowest BCUT2D eigenvalue weighted by Crippen LogP contribution is -2.33. The van der Waals surface area contributed by atoms with Crippen LogP contribution in [-0.2, 0) is 10.0 Å². The molecule has 1 aromatic carbocycles. The number of amides is 1. The zero-order chi connectivity index (χ0) is 13.8. The van der Waals surface area contributed by atoms with Crippen molar-refractivity contribution in [2.75, 3.05) is 19.3 Å². The van der Waals surface area contributed by atoms with Gasteiger partial charge in [-0.25, -0.2) is 13.1 Å². The molecular formula is C11H15BrN2O3S. The summed E-state index contributed by atoms with van der Waals surface area (Å²) in [4.78, 5) is 11.8. The van der Waals surface area contributed by atoms with Crippen molar-refractivity contribution in [2.24, 2.45) is 0 Å². The summed E-state index contributed by atoms with van der Waals surface area (Å²) in [6, 6.07) is 5.34. The summed E-state index contributed by atoms with van der Waals surface area (Å²) in [5, 5.41) is 2.57. The molecule has 0 aliphatic heterocycles. The van der Waals surface area contributed by atoms with E-state index in [9.17, 15) is 13.2 Å². The lowest BCUT2D eigenvalue weighted by Gasteiger charge is -2.08. The van der Waals surface area contributed by atoms with Crippen molar-refractivity contribution in [3.63, 3.8) is 0 Å². The van der Waals surface area contributed by atoms with Gasteiger partial charge in [0.25, 0.3) is 5.91 Å². The summed E-state index contributed by atoms with van der Waals surface area (Å²) >= 11 is 3.33. The van der Waals surface area contributed by atoms with Crippen LogP contribution in [0.3, 0.4) is 0 Å². The Hall–Kier alpha value is -0.920. The van der Waals surface area contributed by atoms with E-state index in [4.69, 9.17) is 0 Å². The van der Waals surface area contributed by atoms with Gasteiger partial charge in [-0.3, -0.25) is 4.79 Å². The minimum Gasteiger partial charge on any atom is -0.351 e. The average molecular weight is 335 g/mol. The number of sulfonamides is 1. The largest absolute Gasteiger partial charge is 0.351 e. The van der Waals surface area contributed by atoms with Crippen molar-refractivity contribution < 1.29 is 13.2 Å². The summed E-state index contributed by atoms with van der Waals surface area (Å²) in [5.74, 6) is -0.435. The second-order valence-electron chi connectivity index (χ2n) is 3.72. The van der Waals surface area contributed by atoms with Crippen LogP contribution in [0.2, 0.25) is 0 Å². The molecule has 2 N–H and O–H groups in total. The Morgan fingerprint density at radius 1 is 1.39 bits per heavy atom. The predicted octanol–water partition coefficient (Wildman–Crippen LogP) is 1.04. The van der Waals surface area contributed by atoms with Gasteiger partial charge in [-0.15, -0.1) is 0 Å². The quantitative estimate of drug-likeness (QED) is 0.844. The van der Waals surface area contributed by atoms with Crippen LogP contribution in [0.4, 0.5) is 0 Å². The second kappa shape index (κ2) is 6.31. The summed E-state index contributed by atoms with van der Waals surface area (Å²) in [6.45, 7) is 1.95. The van der Waals surface area contributed by atoms with Gasteiger partial charge >= 0.3 is 0 Å². The van der Waals surface area contributed by atoms with Gasteiger partial charge < -0.3 is 5.32 Å². The third-order valence-electron chi connectivity index (χ3n) is 2.40. The van der Waals surface area contributed by atoms with Crippen molar-refractivity contribution in [2.45, 2.75) is 6.92 Å². The molecule has 0 saturated heterocycles. The maximum Gasteiger partial charge on any atom is 0.252 e. The Labute approximate surface area is 115 Å². The highest BCUT2D eigenvalue weighted by molar-refractivity contribution is 9.10. The molecule has 0 saturated carbocycles. The highest BCUT2D eigenvalue weighted by atomic mass is 79.9. The maximum absolute atomic E-state index is 11.8. The van der Waals surface area contributed by atoms with E-state index >= 15 is 0 Å². The highest BCUT2D eigenvalue weighted by Crippen LogP contribution is 2.20. The first-order valence-electron chi connectivity index (χ1n) is 5.32. The standard InChI is InChI=1S/C11H15BrN2O3S/c1-8-4-3-5-9(10(8)12)11(15)14-6-7-18(16,17)13-2/h3-5,13H,6-7H2,1-2H3,(H,14,15). The molecule has 0 atom stereocenters. The normalized spacial score (nSPS) is 11.3. The maximum atomic E-state index is 11.8. The lowest BCUT2D eigenvalue weighted by atomic mass is 10.1. The molecule has 0 spiro atoms. The molecule has 1 aromatic rings. The number of aryl methyl sites for hydroxylation is 1. The van der Waals surface area contributed by atoms with E-state index in [-0.39, 0.29) is 18.2 Å². The van der Waals surface area contributed by atoms with Crippen LogP contribution >= 0.6 is 15.9 Å². The molecular weight excluding hydrogens is 320 g/mol. The Balaban J connectivity index is 2.64. The van der Waals surface area contributed by atoms with E-state index < -0.39 is 10.0 Å². The number of halogens is 1. The Kier molecular flexibility index (Phi) is 5.30. The van der Waals surface area contributed by atoms with E-state index in [1.807, 2.05) is 13.0 Å². The predicted molar refractivity (Wildman–Crippen MR) is 74.1 cm³/mol. The van der Waals surface area contributed by atoms with E-state index in [0.29, 0.717) is 5.56 Å². The van der Waals surface area contributed by atoms with Crippen molar-refractivity contribution in [1.29, 1.82) is 0 Å². The Morgan fingerprint density at radius 2 is 2.06 bits per heavy atom. The molecule has 1 rings (SSSR count). The van der Waals surface area contributed by atoms with Crippen LogP contribution < -0.4 is 10.0 Å². The van der Waals surface area contributed by atoms with Gasteiger partial charge in [0, 0.05) is 11.0 Å². The molecule has 5 nitrogen and oxygen atoms in total. The van der Waals surface area contributed by atoms with Crippen molar-refractivity contribution in [3.05, 3.63) is 33.8 Å². The Morgan fingerprint density at radius 3 is 2.67 bits per heavy atom. The van der Waals surface area contributed by atoms with E-state index in [1.54, 1.807) is 12.1 Å². The third kappa shape index (κ3) is 4.08. The average Bonchev–Trinajstić information content (AvgIpc) is 2.32. The van der Waals surface area contributed by atoms with Crippen LogP contribution in [0.1, 0.15) is 15.9 Å². The monoisotopic (exact) mass is 334 g/mol. The van der Waals surface area contributed by atoms with Gasteiger partial charge in [-0.2, -0.15) is 0 Å². The molecule has 0 radical (unpaired) electrons. The number of hydrogen-bond donors (Lipinski definition) is 2. The zero-order valence-electron chi connectivity index (χ0n) is 10.2. The van der Waals surface area contributed by atoms with Gasteiger partial charge in [0.05, 0.1) is 11.3 Å². The molecule has 0 fully saturated rings. The molecule has 0 bridgehead atoms. The molecule has 0 heterocycles. The zero-order valence-corrected chi connectivity index (χ0v) is 12.6. The number of rotatable bonds is 5. The number of carbonyl (C=O) groups excluding carboxylic acids is 1. The molecule has 0 aliphatic carbocycles.